The van der Waals surface area contributed by atoms with Crippen LogP contribution in [-0.4, -0.2) is 20.2 Å². The van der Waals surface area contributed by atoms with Crippen LogP contribution in [0.2, 0.25) is 0 Å². The van der Waals surface area contributed by atoms with E-state index in [4.69, 9.17) is 10.5 Å². The second kappa shape index (κ2) is 6.29. The Morgan fingerprint density at radius 3 is 2.60 bits per heavy atom. The molecule has 0 amide bonds. The molecule has 0 unspecified atom stereocenters. The van der Waals surface area contributed by atoms with Gasteiger partial charge in [0.25, 0.3) is 0 Å². The van der Waals surface area contributed by atoms with Gasteiger partial charge in [0.1, 0.15) is 10.8 Å². The average molecular weight is 292 g/mol. The van der Waals surface area contributed by atoms with Gasteiger partial charge in [0.2, 0.25) is 0 Å². The Labute approximate surface area is 121 Å². The molecule has 2 rings (SSSR count). The molecule has 3 N–H and O–H groups in total. The quantitative estimate of drug-likeness (QED) is 0.829. The molecule has 6 heteroatoms. The first-order valence-corrected chi connectivity index (χ1v) is 6.80. The molecule has 0 aliphatic carbocycles. The van der Waals surface area contributed by atoms with Crippen molar-refractivity contribution in [2.75, 3.05) is 25.3 Å². The van der Waals surface area contributed by atoms with Gasteiger partial charge in [-0.15, -0.1) is 11.3 Å². The largest absolute Gasteiger partial charge is 0.497 e. The van der Waals surface area contributed by atoms with Crippen molar-refractivity contribution < 1.29 is 14.3 Å². The first-order valence-electron chi connectivity index (χ1n) is 5.98. The van der Waals surface area contributed by atoms with E-state index in [2.05, 4.69) is 10.1 Å². The molecule has 0 aliphatic rings. The summed E-state index contributed by atoms with van der Waals surface area (Å²) in [6, 6.07) is 9.37. The van der Waals surface area contributed by atoms with E-state index in [-0.39, 0.29) is 0 Å². The highest BCUT2D eigenvalue weighted by molar-refractivity contribution is 7.16. The van der Waals surface area contributed by atoms with Crippen LogP contribution in [0.15, 0.2) is 30.3 Å². The van der Waals surface area contributed by atoms with Crippen molar-refractivity contribution in [1.82, 2.24) is 0 Å². The third-order valence-electron chi connectivity index (χ3n) is 2.77. The van der Waals surface area contributed by atoms with E-state index in [1.54, 1.807) is 13.2 Å². The summed E-state index contributed by atoms with van der Waals surface area (Å²) >= 11 is 1.37. The minimum atomic E-state index is -0.408. The van der Waals surface area contributed by atoms with Crippen molar-refractivity contribution in [3.05, 3.63) is 40.8 Å². The third kappa shape index (κ3) is 3.21. The zero-order valence-corrected chi connectivity index (χ0v) is 12.1. The van der Waals surface area contributed by atoms with Gasteiger partial charge in [-0.05, 0) is 30.3 Å². The molecule has 0 aliphatic heterocycles. The lowest BCUT2D eigenvalue weighted by atomic mass is 10.2. The molecule has 0 saturated carbocycles. The number of carbonyl (C=O) groups is 1. The molecule has 1 aromatic heterocycles. The number of nitrogens with two attached hydrogens (primary N) is 1. The van der Waals surface area contributed by atoms with Crippen LogP contribution in [-0.2, 0) is 11.3 Å². The molecule has 106 valence electrons. The van der Waals surface area contributed by atoms with Crippen LogP contribution in [0.25, 0.3) is 0 Å². The number of hydrogen-bond donors (Lipinski definition) is 2. The van der Waals surface area contributed by atoms with Gasteiger partial charge in [0.05, 0.1) is 19.8 Å². The lowest BCUT2D eigenvalue weighted by molar-refractivity contribution is 0.0602. The average Bonchev–Trinajstić information content (AvgIpc) is 2.86. The van der Waals surface area contributed by atoms with Crippen molar-refractivity contribution in [3.8, 4) is 5.75 Å². The molecule has 2 aromatic rings. The number of esters is 1. The zero-order valence-electron chi connectivity index (χ0n) is 11.3. The summed E-state index contributed by atoms with van der Waals surface area (Å²) in [7, 11) is 2.97. The van der Waals surface area contributed by atoms with Crippen molar-refractivity contribution in [2.24, 2.45) is 0 Å². The number of benzene rings is 1. The number of rotatable bonds is 5. The van der Waals surface area contributed by atoms with E-state index in [1.165, 1.54) is 18.4 Å². The molecule has 20 heavy (non-hydrogen) atoms. The Kier molecular flexibility index (Phi) is 4.47. The van der Waals surface area contributed by atoms with Gasteiger partial charge in [0, 0.05) is 17.1 Å². The van der Waals surface area contributed by atoms with Gasteiger partial charge in [-0.25, -0.2) is 4.79 Å². The summed E-state index contributed by atoms with van der Waals surface area (Å²) in [5.41, 5.74) is 7.19. The highest BCUT2D eigenvalue weighted by Gasteiger charge is 2.14. The number of hydrogen-bond acceptors (Lipinski definition) is 6. The Balaban J connectivity index is 2.01. The molecular formula is C14H16N2O3S. The summed E-state index contributed by atoms with van der Waals surface area (Å²) < 4.78 is 9.77. The Morgan fingerprint density at radius 1 is 1.30 bits per heavy atom. The number of nitrogen functional groups attached to an aromatic ring is 1. The fourth-order valence-corrected chi connectivity index (χ4v) is 2.57. The van der Waals surface area contributed by atoms with Crippen LogP contribution in [0.4, 0.5) is 10.7 Å². The van der Waals surface area contributed by atoms with Crippen molar-refractivity contribution in [2.45, 2.75) is 6.54 Å². The fraction of sp³-hybridized carbons (Fsp3) is 0.214. The van der Waals surface area contributed by atoms with E-state index in [1.807, 2.05) is 24.3 Å². The summed E-state index contributed by atoms with van der Waals surface area (Å²) in [4.78, 5) is 12.4. The van der Waals surface area contributed by atoms with Gasteiger partial charge in [-0.3, -0.25) is 0 Å². The third-order valence-corrected chi connectivity index (χ3v) is 3.74. The molecule has 1 heterocycles. The molecule has 0 spiro atoms. The van der Waals surface area contributed by atoms with Gasteiger partial charge in [0.15, 0.2) is 0 Å². The predicted molar refractivity (Wildman–Crippen MR) is 80.4 cm³/mol. The zero-order chi connectivity index (χ0) is 14.5. The standard InChI is InChI=1S/C14H16N2O3S/c1-18-10-5-3-9(4-6-10)16-8-11-7-12(13(15)20-11)14(17)19-2/h3-7,16H,8,15H2,1-2H3. The van der Waals surface area contributed by atoms with E-state index >= 15 is 0 Å². The van der Waals surface area contributed by atoms with Crippen LogP contribution < -0.4 is 15.8 Å². The summed E-state index contributed by atoms with van der Waals surface area (Å²) in [6.07, 6.45) is 0. The first-order chi connectivity index (χ1) is 9.63. The van der Waals surface area contributed by atoms with E-state index in [9.17, 15) is 4.79 Å². The molecule has 0 fully saturated rings. The lowest BCUT2D eigenvalue weighted by Crippen LogP contribution is -2.02. The normalized spacial score (nSPS) is 10.1. The van der Waals surface area contributed by atoms with Gasteiger partial charge in [-0.2, -0.15) is 0 Å². The maximum atomic E-state index is 11.5. The number of methoxy groups -OCH3 is 2. The molecular weight excluding hydrogens is 276 g/mol. The second-order valence-corrected chi connectivity index (χ2v) is 5.23. The SMILES string of the molecule is COC(=O)c1cc(CNc2ccc(OC)cc2)sc1N. The monoisotopic (exact) mass is 292 g/mol. The number of nitrogens with one attached hydrogen (secondary N) is 1. The van der Waals surface area contributed by atoms with Crippen molar-refractivity contribution in [1.29, 1.82) is 0 Å². The smallest absolute Gasteiger partial charge is 0.340 e. The van der Waals surface area contributed by atoms with Gasteiger partial charge >= 0.3 is 5.97 Å². The van der Waals surface area contributed by atoms with Crippen molar-refractivity contribution >= 4 is 28.0 Å². The van der Waals surface area contributed by atoms with Crippen molar-refractivity contribution in [3.63, 3.8) is 0 Å². The molecule has 0 bridgehead atoms. The minimum absolute atomic E-state index is 0.408. The topological polar surface area (TPSA) is 73.6 Å². The molecule has 0 radical (unpaired) electrons. The summed E-state index contributed by atoms with van der Waals surface area (Å²) in [6.45, 7) is 0.595. The summed E-state index contributed by atoms with van der Waals surface area (Å²) in [5, 5.41) is 3.73. The number of thiophene rings is 1. The van der Waals surface area contributed by atoms with Crippen LogP contribution in [0.1, 0.15) is 15.2 Å². The number of carbonyl (C=O) groups excluding carboxylic acids is 1. The molecule has 5 nitrogen and oxygen atoms in total. The Morgan fingerprint density at radius 2 is 2.00 bits per heavy atom. The maximum Gasteiger partial charge on any atom is 0.340 e. The predicted octanol–water partition coefficient (Wildman–Crippen LogP) is 2.74. The fourth-order valence-electron chi connectivity index (χ4n) is 1.71. The minimum Gasteiger partial charge on any atom is -0.497 e. The van der Waals surface area contributed by atoms with Crippen LogP contribution in [0.5, 0.6) is 5.75 Å². The maximum absolute atomic E-state index is 11.5. The molecule has 0 atom stereocenters. The summed E-state index contributed by atoms with van der Waals surface area (Å²) in [5.74, 6) is 0.401. The van der Waals surface area contributed by atoms with Crippen LogP contribution in [0, 0.1) is 0 Å². The Hall–Kier alpha value is -2.21. The molecule has 1 aromatic carbocycles. The Bertz CT molecular complexity index is 593. The van der Waals surface area contributed by atoms with Crippen LogP contribution in [0.3, 0.4) is 0 Å². The molecule has 0 saturated heterocycles. The van der Waals surface area contributed by atoms with Crippen LogP contribution >= 0.6 is 11.3 Å². The highest BCUT2D eigenvalue weighted by Crippen LogP contribution is 2.26. The van der Waals surface area contributed by atoms with E-state index in [0.29, 0.717) is 17.1 Å². The van der Waals surface area contributed by atoms with Gasteiger partial charge < -0.3 is 20.5 Å². The first kappa shape index (κ1) is 14.2. The van der Waals surface area contributed by atoms with E-state index < -0.39 is 5.97 Å². The second-order valence-electron chi connectivity index (χ2n) is 4.06. The van der Waals surface area contributed by atoms with E-state index in [0.717, 1.165) is 16.3 Å². The number of ether oxygens (including phenoxy) is 2. The number of anilines is 2. The highest BCUT2D eigenvalue weighted by atomic mass is 32.1. The van der Waals surface area contributed by atoms with Gasteiger partial charge in [-0.1, -0.05) is 0 Å². The lowest BCUT2D eigenvalue weighted by Gasteiger charge is -2.05.